The van der Waals surface area contributed by atoms with Crippen LogP contribution in [0.4, 0.5) is 5.69 Å². The van der Waals surface area contributed by atoms with E-state index in [-0.39, 0.29) is 51.7 Å². The Labute approximate surface area is 181 Å². The van der Waals surface area contributed by atoms with E-state index < -0.39 is 10.8 Å². The number of aromatic hydroxyl groups is 2. The van der Waals surface area contributed by atoms with Gasteiger partial charge in [0, 0.05) is 36.4 Å². The minimum absolute atomic E-state index is 0.0119. The smallest absolute Gasteiger partial charge is 0.273 e. The van der Waals surface area contributed by atoms with E-state index in [2.05, 4.69) is 15.8 Å². The Morgan fingerprint density at radius 3 is 2.59 bits per heavy atom. The summed E-state index contributed by atoms with van der Waals surface area (Å²) in [5, 5.41) is 41.0. The van der Waals surface area contributed by atoms with E-state index in [1.165, 1.54) is 36.4 Å². The number of piperidine rings is 1. The third-order valence-electron chi connectivity index (χ3n) is 5.01. The van der Waals surface area contributed by atoms with Gasteiger partial charge in [-0.15, -0.1) is 0 Å². The third-order valence-corrected chi connectivity index (χ3v) is 5.01. The average Bonchev–Trinajstić information content (AvgIpc) is 3.24. The first-order valence-corrected chi connectivity index (χ1v) is 9.87. The fraction of sp³-hybridized carbons (Fsp3) is 0.238. The maximum atomic E-state index is 12.5. The van der Waals surface area contributed by atoms with Gasteiger partial charge in [0.05, 0.1) is 4.92 Å². The summed E-state index contributed by atoms with van der Waals surface area (Å²) >= 11 is 0. The van der Waals surface area contributed by atoms with Gasteiger partial charge in [-0.1, -0.05) is 5.16 Å². The van der Waals surface area contributed by atoms with Crippen molar-refractivity contribution in [2.45, 2.75) is 18.9 Å². The van der Waals surface area contributed by atoms with Crippen LogP contribution in [0, 0.1) is 10.1 Å². The van der Waals surface area contributed by atoms with Crippen LogP contribution in [0.3, 0.4) is 0 Å². The zero-order chi connectivity index (χ0) is 22.7. The van der Waals surface area contributed by atoms with Crippen molar-refractivity contribution in [3.63, 3.8) is 0 Å². The molecule has 1 saturated heterocycles. The van der Waals surface area contributed by atoms with Gasteiger partial charge in [0.2, 0.25) is 0 Å². The summed E-state index contributed by atoms with van der Waals surface area (Å²) in [4.78, 5) is 22.8. The number of ether oxygens (including phenoxy) is 1. The molecule has 3 aromatic rings. The Bertz CT molecular complexity index is 1140. The van der Waals surface area contributed by atoms with E-state index in [1.807, 2.05) is 0 Å². The van der Waals surface area contributed by atoms with Crippen LogP contribution >= 0.6 is 0 Å². The highest BCUT2D eigenvalue weighted by molar-refractivity contribution is 5.93. The zero-order valence-corrected chi connectivity index (χ0v) is 16.8. The molecular formula is C21H20N4O7. The summed E-state index contributed by atoms with van der Waals surface area (Å²) in [5.74, 6) is -0.740. The second kappa shape index (κ2) is 8.94. The van der Waals surface area contributed by atoms with Gasteiger partial charge in [-0.05, 0) is 38.1 Å². The number of benzene rings is 2. The lowest BCUT2D eigenvalue weighted by molar-refractivity contribution is -0.384. The average molecular weight is 440 g/mol. The molecule has 0 bridgehead atoms. The number of rotatable bonds is 6. The lowest BCUT2D eigenvalue weighted by atomic mass is 10.1. The van der Waals surface area contributed by atoms with Crippen LogP contribution in [0.15, 0.2) is 47.0 Å². The van der Waals surface area contributed by atoms with Gasteiger partial charge in [-0.25, -0.2) is 0 Å². The molecule has 0 unspecified atom stereocenters. The van der Waals surface area contributed by atoms with Gasteiger partial charge in [-0.2, -0.15) is 0 Å². The van der Waals surface area contributed by atoms with E-state index >= 15 is 0 Å². The number of carbonyl (C=O) groups excluding carboxylic acids is 1. The number of hydrogen-bond donors (Lipinski definition) is 4. The normalized spacial score (nSPS) is 14.1. The second-order valence-corrected chi connectivity index (χ2v) is 7.27. The molecule has 32 heavy (non-hydrogen) atoms. The van der Waals surface area contributed by atoms with Crippen molar-refractivity contribution in [2.24, 2.45) is 0 Å². The molecule has 0 radical (unpaired) electrons. The number of nitro groups is 1. The van der Waals surface area contributed by atoms with Crippen LogP contribution in [0.25, 0.3) is 11.3 Å². The Hall–Kier alpha value is -4.12. The molecular weight excluding hydrogens is 420 g/mol. The number of phenols is 2. The summed E-state index contributed by atoms with van der Waals surface area (Å²) < 4.78 is 11.0. The number of nitrogens with one attached hydrogen (secondary N) is 2. The molecule has 2 heterocycles. The second-order valence-electron chi connectivity index (χ2n) is 7.27. The number of amides is 1. The van der Waals surface area contributed by atoms with Crippen molar-refractivity contribution in [3.8, 4) is 34.3 Å². The molecule has 4 N–H and O–H groups in total. The molecule has 0 spiro atoms. The Kier molecular flexibility index (Phi) is 5.90. The monoisotopic (exact) mass is 440 g/mol. The summed E-state index contributed by atoms with van der Waals surface area (Å²) in [7, 11) is 0. The van der Waals surface area contributed by atoms with Crippen molar-refractivity contribution >= 4 is 11.6 Å². The fourth-order valence-corrected chi connectivity index (χ4v) is 3.40. The van der Waals surface area contributed by atoms with Gasteiger partial charge in [0.1, 0.15) is 28.6 Å². The number of hydrogen-bond acceptors (Lipinski definition) is 9. The van der Waals surface area contributed by atoms with E-state index in [0.717, 1.165) is 32.0 Å². The summed E-state index contributed by atoms with van der Waals surface area (Å²) in [6.07, 6.45) is 1.62. The Balaban J connectivity index is 1.59. The predicted molar refractivity (Wildman–Crippen MR) is 112 cm³/mol. The first kappa shape index (κ1) is 21.1. The van der Waals surface area contributed by atoms with Gasteiger partial charge in [-0.3, -0.25) is 14.9 Å². The number of carbonyl (C=O) groups is 1. The molecule has 11 nitrogen and oxygen atoms in total. The molecule has 0 saturated carbocycles. The standard InChI is InChI=1S/C21H20N4O7/c26-14-9-17(27)20(18(10-14)31-15-3-1-13(2-4-15)25(29)30)19-11-16(24-32-19)21(28)23-12-5-7-22-8-6-12/h1-4,9-12,22,26-27H,5-8H2,(H,23,28). The Morgan fingerprint density at radius 2 is 1.91 bits per heavy atom. The van der Waals surface area contributed by atoms with Gasteiger partial charge in [0.15, 0.2) is 11.5 Å². The molecule has 1 fully saturated rings. The first-order chi connectivity index (χ1) is 15.4. The summed E-state index contributed by atoms with van der Waals surface area (Å²) in [5.41, 5.74) is -0.0159. The number of phenolic OH excluding ortho intramolecular Hbond substituents is 2. The molecule has 1 aliphatic heterocycles. The number of aromatic nitrogens is 1. The fourth-order valence-electron chi connectivity index (χ4n) is 3.40. The van der Waals surface area contributed by atoms with Crippen LogP contribution in [0.5, 0.6) is 23.0 Å². The summed E-state index contributed by atoms with van der Waals surface area (Å²) in [6.45, 7) is 1.64. The van der Waals surface area contributed by atoms with E-state index in [9.17, 15) is 25.1 Å². The van der Waals surface area contributed by atoms with Crippen LogP contribution in [0.2, 0.25) is 0 Å². The molecule has 4 rings (SSSR count). The van der Waals surface area contributed by atoms with Crippen LogP contribution in [-0.2, 0) is 0 Å². The number of nitrogens with zero attached hydrogens (tertiary/aromatic N) is 2. The van der Waals surface area contributed by atoms with Crippen molar-refractivity contribution < 1.29 is 29.2 Å². The van der Waals surface area contributed by atoms with Gasteiger partial charge >= 0.3 is 0 Å². The topological polar surface area (TPSA) is 160 Å². The lowest BCUT2D eigenvalue weighted by Gasteiger charge is -2.23. The minimum atomic E-state index is -0.541. The van der Waals surface area contributed by atoms with Crippen molar-refractivity contribution in [2.75, 3.05) is 13.1 Å². The van der Waals surface area contributed by atoms with Crippen LogP contribution in [0.1, 0.15) is 23.3 Å². The lowest BCUT2D eigenvalue weighted by Crippen LogP contribution is -2.42. The highest BCUT2D eigenvalue weighted by atomic mass is 16.6. The van der Waals surface area contributed by atoms with E-state index in [4.69, 9.17) is 9.26 Å². The zero-order valence-electron chi connectivity index (χ0n) is 16.8. The van der Waals surface area contributed by atoms with Crippen molar-refractivity contribution in [1.82, 2.24) is 15.8 Å². The van der Waals surface area contributed by atoms with E-state index in [1.54, 1.807) is 0 Å². The SMILES string of the molecule is O=C(NC1CCNCC1)c1cc(-c2c(O)cc(O)cc2Oc2ccc([N+](=O)[O-])cc2)on1. The number of nitro benzene ring substituents is 1. The predicted octanol–water partition coefficient (Wildman–Crippen LogP) is 2.94. The van der Waals surface area contributed by atoms with Gasteiger partial charge < -0.3 is 30.1 Å². The number of non-ortho nitro benzene ring substituents is 1. The maximum Gasteiger partial charge on any atom is 0.273 e. The minimum Gasteiger partial charge on any atom is -0.508 e. The summed E-state index contributed by atoms with van der Waals surface area (Å²) in [6, 6.07) is 9.01. The molecule has 2 aromatic carbocycles. The quantitative estimate of drug-likeness (QED) is 0.334. The molecule has 0 atom stereocenters. The third kappa shape index (κ3) is 4.62. The molecule has 11 heteroatoms. The Morgan fingerprint density at radius 1 is 1.19 bits per heavy atom. The molecule has 0 aliphatic carbocycles. The van der Waals surface area contributed by atoms with Crippen molar-refractivity contribution in [1.29, 1.82) is 0 Å². The highest BCUT2D eigenvalue weighted by Crippen LogP contribution is 2.43. The molecule has 1 aromatic heterocycles. The molecule has 1 aliphatic rings. The maximum absolute atomic E-state index is 12.5. The first-order valence-electron chi connectivity index (χ1n) is 9.87. The highest BCUT2D eigenvalue weighted by Gasteiger charge is 2.23. The van der Waals surface area contributed by atoms with E-state index in [0.29, 0.717) is 0 Å². The van der Waals surface area contributed by atoms with Crippen LogP contribution < -0.4 is 15.4 Å². The van der Waals surface area contributed by atoms with Gasteiger partial charge in [0.25, 0.3) is 11.6 Å². The molecule has 1 amide bonds. The van der Waals surface area contributed by atoms with Crippen LogP contribution in [-0.4, -0.2) is 45.3 Å². The van der Waals surface area contributed by atoms with Crippen molar-refractivity contribution in [3.05, 3.63) is 58.3 Å². The molecule has 166 valence electrons. The largest absolute Gasteiger partial charge is 0.508 e.